The number of hydrogen-bond acceptors (Lipinski definition) is 3. The summed E-state index contributed by atoms with van der Waals surface area (Å²) in [6.45, 7) is 0.338. The molecule has 0 aliphatic carbocycles. The number of amides is 1. The number of benzene rings is 1. The number of halogens is 2. The number of pyridine rings is 1. The van der Waals surface area contributed by atoms with Crippen molar-refractivity contribution in [3.05, 3.63) is 58.6 Å². The van der Waals surface area contributed by atoms with Gasteiger partial charge in [0.2, 0.25) is 0 Å². The van der Waals surface area contributed by atoms with Gasteiger partial charge in [-0.05, 0) is 23.8 Å². The Morgan fingerprint density at radius 2 is 2.05 bits per heavy atom. The molecule has 0 bridgehead atoms. The topological polar surface area (TPSA) is 59.2 Å². The van der Waals surface area contributed by atoms with Gasteiger partial charge in [-0.15, -0.1) is 0 Å². The number of nitrogens with zero attached hydrogens (tertiary/aromatic N) is 2. The highest BCUT2D eigenvalue weighted by atomic mass is 35.5. The maximum atomic E-state index is 12.8. The van der Waals surface area contributed by atoms with E-state index in [1.165, 1.54) is 29.3 Å². The molecule has 2 N–H and O–H groups in total. The number of nitrogen functional groups attached to an aromatic ring is 1. The van der Waals surface area contributed by atoms with Gasteiger partial charge < -0.3 is 10.6 Å². The number of hydrogen-bond donors (Lipinski definition) is 1. The summed E-state index contributed by atoms with van der Waals surface area (Å²) in [7, 11) is 1.63. The first-order chi connectivity index (χ1) is 9.47. The van der Waals surface area contributed by atoms with Crippen LogP contribution in [-0.2, 0) is 6.54 Å². The number of anilines is 1. The van der Waals surface area contributed by atoms with E-state index in [4.69, 9.17) is 17.3 Å². The van der Waals surface area contributed by atoms with Gasteiger partial charge in [0.1, 0.15) is 11.0 Å². The lowest BCUT2D eigenvalue weighted by Crippen LogP contribution is -2.26. The van der Waals surface area contributed by atoms with Crippen LogP contribution in [0.5, 0.6) is 0 Å². The Bertz CT molecular complexity index is 631. The van der Waals surface area contributed by atoms with Crippen molar-refractivity contribution in [2.75, 3.05) is 12.8 Å². The summed E-state index contributed by atoms with van der Waals surface area (Å²) in [5, 5.41) is 0.107. The molecule has 1 aromatic heterocycles. The molecule has 0 saturated carbocycles. The molecule has 0 radical (unpaired) electrons. The van der Waals surface area contributed by atoms with Crippen molar-refractivity contribution in [3.63, 3.8) is 0 Å². The van der Waals surface area contributed by atoms with Crippen LogP contribution >= 0.6 is 11.6 Å². The van der Waals surface area contributed by atoms with Gasteiger partial charge in [-0.25, -0.2) is 9.37 Å². The molecule has 0 aliphatic heterocycles. The molecule has 0 unspecified atom stereocenters. The summed E-state index contributed by atoms with van der Waals surface area (Å²) in [5.41, 5.74) is 7.03. The van der Waals surface area contributed by atoms with Gasteiger partial charge in [-0.2, -0.15) is 0 Å². The van der Waals surface area contributed by atoms with Crippen molar-refractivity contribution in [2.45, 2.75) is 6.54 Å². The van der Waals surface area contributed by atoms with E-state index in [0.29, 0.717) is 12.2 Å². The van der Waals surface area contributed by atoms with Crippen LogP contribution in [0.25, 0.3) is 0 Å². The third-order valence-electron chi connectivity index (χ3n) is 2.77. The van der Waals surface area contributed by atoms with E-state index in [1.54, 1.807) is 19.2 Å². The minimum absolute atomic E-state index is 0.107. The summed E-state index contributed by atoms with van der Waals surface area (Å²) >= 11 is 5.90. The molecule has 0 saturated heterocycles. The normalized spacial score (nSPS) is 10.3. The predicted octanol–water partition coefficient (Wildman–Crippen LogP) is 2.73. The van der Waals surface area contributed by atoms with E-state index in [0.717, 1.165) is 5.56 Å². The van der Waals surface area contributed by atoms with E-state index < -0.39 is 0 Å². The fraction of sp³-hybridized carbons (Fsp3) is 0.143. The average Bonchev–Trinajstić information content (AvgIpc) is 2.43. The summed E-state index contributed by atoms with van der Waals surface area (Å²) < 4.78 is 12.8. The number of carbonyl (C=O) groups is 1. The van der Waals surface area contributed by atoms with Crippen LogP contribution in [0.15, 0.2) is 36.5 Å². The lowest BCUT2D eigenvalue weighted by atomic mass is 10.2. The average molecular weight is 294 g/mol. The second-order valence-corrected chi connectivity index (χ2v) is 4.75. The van der Waals surface area contributed by atoms with Crippen LogP contribution < -0.4 is 5.73 Å². The zero-order valence-corrected chi connectivity index (χ0v) is 11.6. The van der Waals surface area contributed by atoms with Gasteiger partial charge in [0.15, 0.2) is 0 Å². The van der Waals surface area contributed by atoms with E-state index in [-0.39, 0.29) is 22.4 Å². The predicted molar refractivity (Wildman–Crippen MR) is 75.9 cm³/mol. The van der Waals surface area contributed by atoms with Gasteiger partial charge in [0.05, 0.1) is 17.4 Å². The molecule has 2 aromatic rings. The van der Waals surface area contributed by atoms with Crippen molar-refractivity contribution < 1.29 is 9.18 Å². The lowest BCUT2D eigenvalue weighted by Gasteiger charge is -2.18. The minimum Gasteiger partial charge on any atom is -0.397 e. The molecule has 20 heavy (non-hydrogen) atoms. The molecule has 104 valence electrons. The molecule has 0 aliphatic rings. The van der Waals surface area contributed by atoms with Gasteiger partial charge in [-0.1, -0.05) is 23.7 Å². The molecule has 1 amide bonds. The van der Waals surface area contributed by atoms with Crippen LogP contribution in [0.4, 0.5) is 10.1 Å². The fourth-order valence-corrected chi connectivity index (χ4v) is 1.94. The Hall–Kier alpha value is -2.14. The molecule has 1 heterocycles. The largest absolute Gasteiger partial charge is 0.397 e. The van der Waals surface area contributed by atoms with Gasteiger partial charge in [-0.3, -0.25) is 4.79 Å². The molecule has 2 rings (SSSR count). The molecular formula is C14H13ClFN3O. The highest BCUT2D eigenvalue weighted by Gasteiger charge is 2.16. The van der Waals surface area contributed by atoms with Crippen molar-refractivity contribution in [3.8, 4) is 0 Å². The van der Waals surface area contributed by atoms with E-state index in [1.807, 2.05) is 0 Å². The van der Waals surface area contributed by atoms with Gasteiger partial charge >= 0.3 is 0 Å². The van der Waals surface area contributed by atoms with E-state index >= 15 is 0 Å². The minimum atomic E-state index is -0.314. The standard InChI is InChI=1S/C14H13ClFN3O/c1-19(8-9-2-4-10(16)5-3-9)14(20)12-6-11(17)7-18-13(12)15/h2-7H,8,17H2,1H3. The fourth-order valence-electron chi connectivity index (χ4n) is 1.76. The number of rotatable bonds is 3. The smallest absolute Gasteiger partial charge is 0.257 e. The maximum absolute atomic E-state index is 12.8. The molecule has 0 spiro atoms. The summed E-state index contributed by atoms with van der Waals surface area (Å²) in [4.78, 5) is 17.6. The SMILES string of the molecule is CN(Cc1ccc(F)cc1)C(=O)c1cc(N)cnc1Cl. The molecule has 0 atom stereocenters. The third-order valence-corrected chi connectivity index (χ3v) is 3.07. The number of aromatic nitrogens is 1. The van der Waals surface area contributed by atoms with Gasteiger partial charge in [0.25, 0.3) is 5.91 Å². The zero-order valence-electron chi connectivity index (χ0n) is 10.8. The van der Waals surface area contributed by atoms with Crippen molar-refractivity contribution in [2.24, 2.45) is 0 Å². The first-order valence-corrected chi connectivity index (χ1v) is 6.26. The first kappa shape index (κ1) is 14.3. The van der Waals surface area contributed by atoms with Crippen LogP contribution in [0.3, 0.4) is 0 Å². The maximum Gasteiger partial charge on any atom is 0.257 e. The van der Waals surface area contributed by atoms with Crippen molar-refractivity contribution >= 4 is 23.2 Å². The Morgan fingerprint density at radius 3 is 2.70 bits per heavy atom. The third kappa shape index (κ3) is 3.24. The van der Waals surface area contributed by atoms with Crippen LogP contribution in [0.2, 0.25) is 5.15 Å². The van der Waals surface area contributed by atoms with Crippen LogP contribution in [0.1, 0.15) is 15.9 Å². The molecule has 6 heteroatoms. The quantitative estimate of drug-likeness (QED) is 0.885. The van der Waals surface area contributed by atoms with E-state index in [9.17, 15) is 9.18 Å². The second kappa shape index (κ2) is 5.88. The summed E-state index contributed by atoms with van der Waals surface area (Å²) in [6, 6.07) is 7.43. The Labute approximate surface area is 121 Å². The number of carbonyl (C=O) groups excluding carboxylic acids is 1. The number of nitrogens with two attached hydrogens (primary N) is 1. The highest BCUT2D eigenvalue weighted by molar-refractivity contribution is 6.32. The van der Waals surface area contributed by atoms with Gasteiger partial charge in [0, 0.05) is 13.6 Å². The molecular weight excluding hydrogens is 281 g/mol. The Balaban J connectivity index is 2.16. The molecule has 0 fully saturated rings. The highest BCUT2D eigenvalue weighted by Crippen LogP contribution is 2.18. The van der Waals surface area contributed by atoms with Crippen molar-refractivity contribution in [1.82, 2.24) is 9.88 Å². The summed E-state index contributed by atoms with van der Waals surface area (Å²) in [6.07, 6.45) is 1.39. The van der Waals surface area contributed by atoms with Crippen LogP contribution in [-0.4, -0.2) is 22.8 Å². The molecule has 4 nitrogen and oxygen atoms in total. The Kier molecular flexibility index (Phi) is 4.20. The van der Waals surface area contributed by atoms with E-state index in [2.05, 4.69) is 4.98 Å². The lowest BCUT2D eigenvalue weighted by molar-refractivity contribution is 0.0785. The second-order valence-electron chi connectivity index (χ2n) is 4.39. The monoisotopic (exact) mass is 293 g/mol. The summed E-state index contributed by atoms with van der Waals surface area (Å²) in [5.74, 6) is -0.607. The first-order valence-electron chi connectivity index (χ1n) is 5.88. The molecule has 1 aromatic carbocycles. The Morgan fingerprint density at radius 1 is 1.40 bits per heavy atom. The van der Waals surface area contributed by atoms with Crippen LogP contribution in [0, 0.1) is 5.82 Å². The van der Waals surface area contributed by atoms with Crippen molar-refractivity contribution in [1.29, 1.82) is 0 Å². The zero-order chi connectivity index (χ0) is 14.7.